The number of para-hydroxylation sites is 1. The van der Waals surface area contributed by atoms with Gasteiger partial charge in [-0.25, -0.2) is 4.39 Å². The molecule has 0 atom stereocenters. The maximum atomic E-state index is 14.0. The molecule has 1 N–H and O–H groups in total. The molecule has 0 heterocycles. The van der Waals surface area contributed by atoms with Gasteiger partial charge in [-0.3, -0.25) is 0 Å². The molecule has 0 fully saturated rings. The van der Waals surface area contributed by atoms with E-state index in [1.165, 1.54) is 6.07 Å². The van der Waals surface area contributed by atoms with Crippen molar-refractivity contribution in [3.05, 3.63) is 107 Å². The quantitative estimate of drug-likeness (QED) is 0.359. The number of hydrogen-bond acceptors (Lipinski definition) is 1. The number of halogens is 2. The van der Waals surface area contributed by atoms with E-state index in [-0.39, 0.29) is 5.82 Å². The highest BCUT2D eigenvalue weighted by atomic mass is 79.9. The summed E-state index contributed by atoms with van der Waals surface area (Å²) in [4.78, 5) is 0. The minimum atomic E-state index is -0.293. The van der Waals surface area contributed by atoms with Crippen molar-refractivity contribution in [3.63, 3.8) is 0 Å². The lowest BCUT2D eigenvalue weighted by molar-refractivity contribution is 0.622. The molecule has 0 aliphatic heterocycles. The van der Waals surface area contributed by atoms with Crippen LogP contribution in [0.5, 0.6) is 0 Å². The lowest BCUT2D eigenvalue weighted by atomic mass is 9.95. The topological polar surface area (TPSA) is 12.0 Å². The predicted molar refractivity (Wildman–Crippen MR) is 115 cm³/mol. The lowest BCUT2D eigenvalue weighted by Crippen LogP contribution is -1.97. The van der Waals surface area contributed by atoms with Crippen molar-refractivity contribution in [2.24, 2.45) is 0 Å². The van der Waals surface area contributed by atoms with Gasteiger partial charge in [0.2, 0.25) is 0 Å². The molecule has 132 valence electrons. The van der Waals surface area contributed by atoms with E-state index in [4.69, 9.17) is 0 Å². The van der Waals surface area contributed by atoms with Crippen molar-refractivity contribution in [1.82, 2.24) is 0 Å². The van der Waals surface area contributed by atoms with Gasteiger partial charge in [0.05, 0.1) is 10.2 Å². The molecular formula is C24H17BrFN. The van der Waals surface area contributed by atoms with Crippen molar-refractivity contribution in [3.8, 4) is 22.3 Å². The van der Waals surface area contributed by atoms with Crippen LogP contribution in [0.25, 0.3) is 22.3 Å². The molecule has 0 saturated carbocycles. The maximum absolute atomic E-state index is 14.0. The van der Waals surface area contributed by atoms with Crippen LogP contribution in [0.4, 0.5) is 15.8 Å². The molecule has 1 nitrogen and oxygen atoms in total. The monoisotopic (exact) mass is 417 g/mol. The molecule has 0 aliphatic carbocycles. The molecule has 0 amide bonds. The average Bonchev–Trinajstić information content (AvgIpc) is 2.72. The number of hydrogen-bond donors (Lipinski definition) is 1. The van der Waals surface area contributed by atoms with E-state index < -0.39 is 0 Å². The molecule has 0 saturated heterocycles. The zero-order chi connectivity index (χ0) is 18.6. The first-order valence-electron chi connectivity index (χ1n) is 8.68. The summed E-state index contributed by atoms with van der Waals surface area (Å²) in [6.45, 7) is 0. The summed E-state index contributed by atoms with van der Waals surface area (Å²) in [7, 11) is 0. The summed E-state index contributed by atoms with van der Waals surface area (Å²) in [6.07, 6.45) is 0. The van der Waals surface area contributed by atoms with Gasteiger partial charge in [0, 0.05) is 16.8 Å². The molecule has 3 heteroatoms. The highest BCUT2D eigenvalue weighted by Gasteiger charge is 2.13. The van der Waals surface area contributed by atoms with Crippen molar-refractivity contribution in [2.45, 2.75) is 0 Å². The van der Waals surface area contributed by atoms with Gasteiger partial charge in [0.1, 0.15) is 5.82 Å². The van der Waals surface area contributed by atoms with Gasteiger partial charge in [-0.2, -0.15) is 0 Å². The molecule has 0 aliphatic rings. The zero-order valence-corrected chi connectivity index (χ0v) is 16.1. The third-order valence-electron chi connectivity index (χ3n) is 4.42. The fourth-order valence-corrected chi connectivity index (χ4v) is 3.37. The van der Waals surface area contributed by atoms with E-state index in [1.54, 1.807) is 6.07 Å². The molecule has 4 aromatic carbocycles. The zero-order valence-electron chi connectivity index (χ0n) is 14.5. The van der Waals surface area contributed by atoms with Gasteiger partial charge < -0.3 is 5.32 Å². The van der Waals surface area contributed by atoms with Crippen LogP contribution in [-0.2, 0) is 0 Å². The molecule has 4 aromatic rings. The van der Waals surface area contributed by atoms with E-state index in [0.717, 1.165) is 27.9 Å². The number of anilines is 2. The first-order valence-corrected chi connectivity index (χ1v) is 9.47. The van der Waals surface area contributed by atoms with Crippen LogP contribution >= 0.6 is 15.9 Å². The molecule has 0 bridgehead atoms. The Morgan fingerprint density at radius 3 is 1.70 bits per heavy atom. The second-order valence-electron chi connectivity index (χ2n) is 6.21. The van der Waals surface area contributed by atoms with Crippen LogP contribution in [0, 0.1) is 5.82 Å². The van der Waals surface area contributed by atoms with Gasteiger partial charge in [0.25, 0.3) is 0 Å². The highest BCUT2D eigenvalue weighted by Crippen LogP contribution is 2.39. The van der Waals surface area contributed by atoms with Crippen molar-refractivity contribution < 1.29 is 4.39 Å². The smallest absolute Gasteiger partial charge is 0.139 e. The Morgan fingerprint density at radius 2 is 1.19 bits per heavy atom. The highest BCUT2D eigenvalue weighted by molar-refractivity contribution is 9.10. The molecule has 4 rings (SSSR count). The molecule has 0 radical (unpaired) electrons. The number of rotatable bonds is 4. The summed E-state index contributed by atoms with van der Waals surface area (Å²) < 4.78 is 14.5. The Labute approximate surface area is 166 Å². The summed E-state index contributed by atoms with van der Waals surface area (Å²) >= 11 is 3.21. The van der Waals surface area contributed by atoms with E-state index in [9.17, 15) is 4.39 Å². The van der Waals surface area contributed by atoms with E-state index in [0.29, 0.717) is 10.2 Å². The Bertz CT molecular complexity index is 1000. The molecule has 0 aromatic heterocycles. The summed E-state index contributed by atoms with van der Waals surface area (Å²) in [5.41, 5.74) is 6.01. The molecule has 0 unspecified atom stereocenters. The first kappa shape index (κ1) is 17.5. The van der Waals surface area contributed by atoms with Gasteiger partial charge in [0.15, 0.2) is 0 Å². The Kier molecular flexibility index (Phi) is 5.03. The third-order valence-corrected chi connectivity index (χ3v) is 5.07. The summed E-state index contributed by atoms with van der Waals surface area (Å²) in [6, 6.07) is 31.7. The standard InChI is InChI=1S/C24H17BrFN/c25-22-15-14-19(16-23(22)26)27-24-20(17-8-3-1-4-9-17)12-7-13-21(24)18-10-5-2-6-11-18/h1-16,27H. The van der Waals surface area contributed by atoms with Crippen molar-refractivity contribution >= 4 is 27.3 Å². The Hall–Kier alpha value is -2.91. The van der Waals surface area contributed by atoms with Crippen LogP contribution < -0.4 is 5.32 Å². The van der Waals surface area contributed by atoms with Gasteiger partial charge in [-0.1, -0.05) is 78.9 Å². The summed E-state index contributed by atoms with van der Waals surface area (Å²) in [5.74, 6) is -0.293. The van der Waals surface area contributed by atoms with E-state index in [2.05, 4.69) is 63.7 Å². The normalized spacial score (nSPS) is 10.6. The third kappa shape index (κ3) is 3.79. The van der Waals surface area contributed by atoms with Crippen LogP contribution in [0.2, 0.25) is 0 Å². The van der Waals surface area contributed by atoms with Crippen LogP contribution in [0.15, 0.2) is 102 Å². The van der Waals surface area contributed by atoms with Crippen LogP contribution in [-0.4, -0.2) is 0 Å². The SMILES string of the molecule is Fc1cc(Nc2c(-c3ccccc3)cccc2-c2ccccc2)ccc1Br. The summed E-state index contributed by atoms with van der Waals surface area (Å²) in [5, 5.41) is 3.45. The minimum Gasteiger partial charge on any atom is -0.354 e. The van der Waals surface area contributed by atoms with Gasteiger partial charge in [-0.05, 0) is 45.3 Å². The largest absolute Gasteiger partial charge is 0.354 e. The van der Waals surface area contributed by atoms with Gasteiger partial charge >= 0.3 is 0 Å². The maximum Gasteiger partial charge on any atom is 0.139 e. The minimum absolute atomic E-state index is 0.293. The van der Waals surface area contributed by atoms with E-state index >= 15 is 0 Å². The number of nitrogens with one attached hydrogen (secondary N) is 1. The average molecular weight is 418 g/mol. The first-order chi connectivity index (χ1) is 13.2. The predicted octanol–water partition coefficient (Wildman–Crippen LogP) is 7.67. The van der Waals surface area contributed by atoms with Crippen molar-refractivity contribution in [2.75, 3.05) is 5.32 Å². The molecule has 0 spiro atoms. The van der Waals surface area contributed by atoms with Crippen LogP contribution in [0.3, 0.4) is 0 Å². The van der Waals surface area contributed by atoms with Gasteiger partial charge in [-0.15, -0.1) is 0 Å². The van der Waals surface area contributed by atoms with E-state index in [1.807, 2.05) is 42.5 Å². The lowest BCUT2D eigenvalue weighted by Gasteiger charge is -2.18. The van der Waals surface area contributed by atoms with Crippen LogP contribution in [0.1, 0.15) is 0 Å². The molecule has 27 heavy (non-hydrogen) atoms. The Morgan fingerprint density at radius 1 is 0.630 bits per heavy atom. The Balaban J connectivity index is 1.89. The fraction of sp³-hybridized carbons (Fsp3) is 0. The van der Waals surface area contributed by atoms with Crippen molar-refractivity contribution in [1.29, 1.82) is 0 Å². The fourth-order valence-electron chi connectivity index (χ4n) is 3.12. The second kappa shape index (κ2) is 7.77. The number of benzene rings is 4. The second-order valence-corrected chi connectivity index (χ2v) is 7.07. The molecular weight excluding hydrogens is 401 g/mol.